The van der Waals surface area contributed by atoms with Crippen LogP contribution in [0.25, 0.3) is 10.1 Å². The molecular weight excluding hydrogens is 344 g/mol. The number of hydrogen-bond donors (Lipinski definition) is 2. The van der Waals surface area contributed by atoms with Crippen LogP contribution in [-0.2, 0) is 0 Å². The Morgan fingerprint density at radius 3 is 2.54 bits per heavy atom. The summed E-state index contributed by atoms with van der Waals surface area (Å²) in [5.74, 6) is 0.564. The first-order valence-corrected chi connectivity index (χ1v) is 8.66. The number of thiophene rings is 1. The number of carbonyl (C=O) groups is 1. The van der Waals surface area contributed by atoms with Gasteiger partial charge in [0.25, 0.3) is 5.91 Å². The van der Waals surface area contributed by atoms with Crippen molar-refractivity contribution in [3.63, 3.8) is 0 Å². The van der Waals surface area contributed by atoms with Gasteiger partial charge in [-0.25, -0.2) is 5.43 Å². The molecule has 3 rings (SSSR count). The van der Waals surface area contributed by atoms with Crippen LogP contribution in [0.15, 0.2) is 48.5 Å². The Kier molecular flexibility index (Phi) is 5.04. The van der Waals surface area contributed by atoms with Gasteiger partial charge in [0.05, 0.1) is 12.1 Å². The molecule has 0 bridgehead atoms. The molecule has 1 atom stereocenters. The minimum absolute atomic E-state index is 0.0481. The van der Waals surface area contributed by atoms with Gasteiger partial charge in [0.15, 0.2) is 0 Å². The predicted octanol–water partition coefficient (Wildman–Crippen LogP) is 4.56. The van der Waals surface area contributed by atoms with Crippen LogP contribution in [-0.4, -0.2) is 13.0 Å². The molecule has 1 unspecified atom stereocenters. The van der Waals surface area contributed by atoms with Crippen LogP contribution in [0.5, 0.6) is 5.75 Å². The highest BCUT2D eigenvalue weighted by Crippen LogP contribution is 2.34. The fraction of sp³-hybridized carbons (Fsp3) is 0.167. The number of halogens is 1. The molecule has 0 saturated heterocycles. The third kappa shape index (κ3) is 3.38. The van der Waals surface area contributed by atoms with Crippen LogP contribution >= 0.6 is 22.9 Å². The van der Waals surface area contributed by atoms with E-state index in [1.165, 1.54) is 11.3 Å². The lowest BCUT2D eigenvalue weighted by atomic mass is 10.1. The number of benzene rings is 2. The predicted molar refractivity (Wildman–Crippen MR) is 98.8 cm³/mol. The SMILES string of the molecule is COc1ccc(C(C)NNC(=O)c2sc3ccccc3c2Cl)cc1. The lowest BCUT2D eigenvalue weighted by molar-refractivity contribution is 0.0930. The Bertz CT molecular complexity index is 861. The third-order valence-electron chi connectivity index (χ3n) is 3.76. The number of ether oxygens (including phenoxy) is 1. The van der Waals surface area contributed by atoms with E-state index >= 15 is 0 Å². The second kappa shape index (κ2) is 7.21. The lowest BCUT2D eigenvalue weighted by Crippen LogP contribution is -2.38. The normalized spacial score (nSPS) is 12.1. The highest BCUT2D eigenvalue weighted by molar-refractivity contribution is 7.21. The highest BCUT2D eigenvalue weighted by Gasteiger charge is 2.17. The molecule has 0 radical (unpaired) electrons. The van der Waals surface area contributed by atoms with E-state index in [0.717, 1.165) is 21.4 Å². The van der Waals surface area contributed by atoms with Crippen LogP contribution in [0.3, 0.4) is 0 Å². The maximum absolute atomic E-state index is 12.4. The molecule has 4 nitrogen and oxygen atoms in total. The summed E-state index contributed by atoms with van der Waals surface area (Å²) in [4.78, 5) is 12.9. The van der Waals surface area contributed by atoms with Crippen molar-refractivity contribution in [3.05, 3.63) is 64.0 Å². The highest BCUT2D eigenvalue weighted by atomic mass is 35.5. The molecule has 0 aliphatic heterocycles. The van der Waals surface area contributed by atoms with Crippen LogP contribution in [0, 0.1) is 0 Å². The van der Waals surface area contributed by atoms with Crippen LogP contribution in [0.4, 0.5) is 0 Å². The van der Waals surface area contributed by atoms with Gasteiger partial charge in [0.2, 0.25) is 0 Å². The van der Waals surface area contributed by atoms with E-state index in [0.29, 0.717) is 9.90 Å². The van der Waals surface area contributed by atoms with E-state index in [9.17, 15) is 4.79 Å². The number of hydrazine groups is 1. The summed E-state index contributed by atoms with van der Waals surface area (Å²) in [6.07, 6.45) is 0. The molecule has 0 fully saturated rings. The number of rotatable bonds is 5. The van der Waals surface area contributed by atoms with E-state index in [4.69, 9.17) is 16.3 Å². The van der Waals surface area contributed by atoms with Gasteiger partial charge < -0.3 is 4.74 Å². The number of carbonyl (C=O) groups excluding carboxylic acids is 1. The molecule has 0 aliphatic carbocycles. The van der Waals surface area contributed by atoms with Crippen molar-refractivity contribution in [2.24, 2.45) is 0 Å². The molecule has 1 heterocycles. The Hall–Kier alpha value is -2.08. The fourth-order valence-corrected chi connectivity index (χ4v) is 3.78. The zero-order valence-electron chi connectivity index (χ0n) is 13.3. The first-order chi connectivity index (χ1) is 11.6. The molecule has 0 spiro atoms. The third-order valence-corrected chi connectivity index (χ3v) is 5.43. The summed E-state index contributed by atoms with van der Waals surface area (Å²) < 4.78 is 6.14. The lowest BCUT2D eigenvalue weighted by Gasteiger charge is -2.15. The van der Waals surface area contributed by atoms with Crippen molar-refractivity contribution in [3.8, 4) is 5.75 Å². The van der Waals surface area contributed by atoms with Crippen molar-refractivity contribution < 1.29 is 9.53 Å². The van der Waals surface area contributed by atoms with Crippen LogP contribution in [0.1, 0.15) is 28.2 Å². The molecule has 1 amide bonds. The molecule has 3 aromatic rings. The smallest absolute Gasteiger partial charge is 0.277 e. The van der Waals surface area contributed by atoms with Crippen molar-refractivity contribution in [1.82, 2.24) is 10.9 Å². The van der Waals surface area contributed by atoms with Gasteiger partial charge in [-0.05, 0) is 30.7 Å². The summed E-state index contributed by atoms with van der Waals surface area (Å²) in [6.45, 7) is 1.97. The first kappa shape index (κ1) is 16.8. The Morgan fingerprint density at radius 2 is 1.88 bits per heavy atom. The molecule has 2 N–H and O–H groups in total. The maximum Gasteiger partial charge on any atom is 0.277 e. The van der Waals surface area contributed by atoms with Crippen molar-refractivity contribution in [2.45, 2.75) is 13.0 Å². The average molecular weight is 361 g/mol. The largest absolute Gasteiger partial charge is 0.497 e. The molecule has 6 heteroatoms. The molecule has 124 valence electrons. The fourth-order valence-electron chi connectivity index (χ4n) is 2.37. The van der Waals surface area contributed by atoms with Crippen molar-refractivity contribution >= 4 is 38.9 Å². The molecule has 24 heavy (non-hydrogen) atoms. The molecule has 2 aromatic carbocycles. The van der Waals surface area contributed by atoms with E-state index in [1.54, 1.807) is 7.11 Å². The molecule has 1 aromatic heterocycles. The number of methoxy groups -OCH3 is 1. The zero-order valence-corrected chi connectivity index (χ0v) is 14.9. The molecule has 0 saturated carbocycles. The van der Waals surface area contributed by atoms with Gasteiger partial charge in [0, 0.05) is 16.1 Å². The maximum atomic E-state index is 12.4. The van der Waals surface area contributed by atoms with Gasteiger partial charge in [-0.3, -0.25) is 10.2 Å². The molecular formula is C18H17ClN2O2S. The van der Waals surface area contributed by atoms with E-state index in [-0.39, 0.29) is 11.9 Å². The molecule has 0 aliphatic rings. The van der Waals surface area contributed by atoms with Crippen molar-refractivity contribution in [2.75, 3.05) is 7.11 Å². The Labute approximate surface area is 149 Å². The average Bonchev–Trinajstić information content (AvgIpc) is 2.96. The minimum atomic E-state index is -0.235. The van der Waals surface area contributed by atoms with Gasteiger partial charge in [-0.1, -0.05) is 41.9 Å². The zero-order chi connectivity index (χ0) is 17.1. The van der Waals surface area contributed by atoms with Crippen LogP contribution < -0.4 is 15.6 Å². The topological polar surface area (TPSA) is 50.4 Å². The quantitative estimate of drug-likeness (QED) is 0.656. The number of fused-ring (bicyclic) bond motifs is 1. The van der Waals surface area contributed by atoms with E-state index in [2.05, 4.69) is 10.9 Å². The first-order valence-electron chi connectivity index (χ1n) is 7.47. The number of nitrogens with one attached hydrogen (secondary N) is 2. The van der Waals surface area contributed by atoms with Gasteiger partial charge >= 0.3 is 0 Å². The summed E-state index contributed by atoms with van der Waals surface area (Å²) in [6, 6.07) is 15.3. The van der Waals surface area contributed by atoms with Gasteiger partial charge in [0.1, 0.15) is 10.6 Å². The Balaban J connectivity index is 1.68. The van der Waals surface area contributed by atoms with Gasteiger partial charge in [-0.2, -0.15) is 0 Å². The monoisotopic (exact) mass is 360 g/mol. The number of amides is 1. The second-order valence-electron chi connectivity index (χ2n) is 5.33. The van der Waals surface area contributed by atoms with Gasteiger partial charge in [-0.15, -0.1) is 11.3 Å². The summed E-state index contributed by atoms with van der Waals surface area (Å²) in [5.41, 5.74) is 6.79. The standard InChI is InChI=1S/C18H17ClN2O2S/c1-11(12-7-9-13(23-2)10-8-12)20-21-18(22)17-16(19)14-5-3-4-6-15(14)24-17/h3-11,20H,1-2H3,(H,21,22). The summed E-state index contributed by atoms with van der Waals surface area (Å²) in [7, 11) is 1.63. The number of hydrogen-bond acceptors (Lipinski definition) is 4. The van der Waals surface area contributed by atoms with E-state index < -0.39 is 0 Å². The second-order valence-corrected chi connectivity index (χ2v) is 6.76. The minimum Gasteiger partial charge on any atom is -0.497 e. The Morgan fingerprint density at radius 1 is 1.17 bits per heavy atom. The van der Waals surface area contributed by atoms with Crippen molar-refractivity contribution in [1.29, 1.82) is 0 Å². The summed E-state index contributed by atoms with van der Waals surface area (Å²) >= 11 is 7.71. The summed E-state index contributed by atoms with van der Waals surface area (Å²) in [5, 5.41) is 1.39. The van der Waals surface area contributed by atoms with E-state index in [1.807, 2.05) is 55.5 Å². The van der Waals surface area contributed by atoms with Crippen LogP contribution in [0.2, 0.25) is 5.02 Å².